The third-order valence-electron chi connectivity index (χ3n) is 5.91. The number of piperidine rings is 1. The number of benzene rings is 2. The van der Waals surface area contributed by atoms with Crippen LogP contribution in [0.2, 0.25) is 0 Å². The molecular weight excluding hydrogens is 468 g/mol. The molecule has 1 aromatic heterocycles. The molecule has 0 aliphatic carbocycles. The van der Waals surface area contributed by atoms with Crippen LogP contribution in [0.15, 0.2) is 52.2 Å². The SMILES string of the molecule is Cc1c(OC2CCN(C(C)c3ccccc3)CC2)cc(F)c(S(=O)(=O)Nc2cscn2)c1F. The first kappa shape index (κ1) is 23.6. The maximum absolute atomic E-state index is 15.0. The molecule has 0 bridgehead atoms. The summed E-state index contributed by atoms with van der Waals surface area (Å²) in [6.07, 6.45) is 1.19. The Labute approximate surface area is 196 Å². The molecule has 1 fully saturated rings. The van der Waals surface area contributed by atoms with Crippen molar-refractivity contribution in [2.24, 2.45) is 0 Å². The zero-order valence-electron chi connectivity index (χ0n) is 18.3. The van der Waals surface area contributed by atoms with Gasteiger partial charge in [0, 0.05) is 36.1 Å². The normalized spacial score (nSPS) is 16.5. The molecule has 1 saturated heterocycles. The zero-order valence-corrected chi connectivity index (χ0v) is 19.9. The number of nitrogens with zero attached hydrogens (tertiary/aromatic N) is 2. The number of aromatic nitrogens is 1. The molecule has 1 atom stereocenters. The van der Waals surface area contributed by atoms with E-state index >= 15 is 0 Å². The quantitative estimate of drug-likeness (QED) is 0.494. The van der Waals surface area contributed by atoms with E-state index in [0.717, 1.165) is 30.5 Å². The summed E-state index contributed by atoms with van der Waals surface area (Å²) < 4.78 is 62.9. The van der Waals surface area contributed by atoms with Gasteiger partial charge in [0.15, 0.2) is 16.5 Å². The first-order chi connectivity index (χ1) is 15.8. The summed E-state index contributed by atoms with van der Waals surface area (Å²) in [4.78, 5) is 5.11. The molecule has 10 heteroatoms. The van der Waals surface area contributed by atoms with Gasteiger partial charge in [0.1, 0.15) is 17.7 Å². The summed E-state index contributed by atoms with van der Waals surface area (Å²) in [7, 11) is -4.48. The average molecular weight is 494 g/mol. The first-order valence-electron chi connectivity index (χ1n) is 10.6. The Balaban J connectivity index is 1.45. The summed E-state index contributed by atoms with van der Waals surface area (Å²) >= 11 is 1.16. The number of likely N-dealkylation sites (tertiary alicyclic amines) is 1. The van der Waals surface area contributed by atoms with Crippen molar-refractivity contribution in [3.63, 3.8) is 0 Å². The Morgan fingerprint density at radius 1 is 1.21 bits per heavy atom. The Kier molecular flexibility index (Phi) is 6.96. The summed E-state index contributed by atoms with van der Waals surface area (Å²) in [6.45, 7) is 5.12. The van der Waals surface area contributed by atoms with Crippen LogP contribution < -0.4 is 9.46 Å². The molecule has 4 rings (SSSR count). The third-order valence-corrected chi connectivity index (χ3v) is 7.89. The van der Waals surface area contributed by atoms with Crippen molar-refractivity contribution in [3.8, 4) is 5.75 Å². The number of hydrogen-bond acceptors (Lipinski definition) is 6. The van der Waals surface area contributed by atoms with E-state index in [2.05, 4.69) is 33.7 Å². The maximum Gasteiger partial charge on any atom is 0.268 e. The number of hydrogen-bond donors (Lipinski definition) is 1. The van der Waals surface area contributed by atoms with Crippen molar-refractivity contribution in [1.29, 1.82) is 0 Å². The third kappa shape index (κ3) is 5.18. The highest BCUT2D eigenvalue weighted by molar-refractivity contribution is 7.92. The number of nitrogens with one attached hydrogen (secondary N) is 1. The molecule has 6 nitrogen and oxygen atoms in total. The van der Waals surface area contributed by atoms with Gasteiger partial charge in [-0.3, -0.25) is 9.62 Å². The van der Waals surface area contributed by atoms with Gasteiger partial charge in [-0.05, 0) is 32.3 Å². The minimum Gasteiger partial charge on any atom is -0.490 e. The molecule has 3 aromatic rings. The average Bonchev–Trinajstić information content (AvgIpc) is 3.30. The number of halogens is 2. The molecule has 0 saturated carbocycles. The smallest absolute Gasteiger partial charge is 0.268 e. The van der Waals surface area contributed by atoms with Crippen LogP contribution in [-0.2, 0) is 10.0 Å². The van der Waals surface area contributed by atoms with Crippen LogP contribution in [0.1, 0.15) is 36.9 Å². The van der Waals surface area contributed by atoms with Gasteiger partial charge in [-0.25, -0.2) is 22.2 Å². The van der Waals surface area contributed by atoms with Crippen molar-refractivity contribution >= 4 is 27.2 Å². The highest BCUT2D eigenvalue weighted by Crippen LogP contribution is 2.33. The number of ether oxygens (including phenoxy) is 1. The Morgan fingerprint density at radius 2 is 1.91 bits per heavy atom. The fraction of sp³-hybridized carbons (Fsp3) is 0.348. The van der Waals surface area contributed by atoms with Crippen molar-refractivity contribution in [1.82, 2.24) is 9.88 Å². The number of anilines is 1. The van der Waals surface area contributed by atoms with Crippen LogP contribution in [0.5, 0.6) is 5.75 Å². The summed E-state index contributed by atoms with van der Waals surface area (Å²) in [5.74, 6) is -2.34. The van der Waals surface area contributed by atoms with Gasteiger partial charge in [0.25, 0.3) is 10.0 Å². The molecule has 1 aliphatic heterocycles. The van der Waals surface area contributed by atoms with Crippen LogP contribution in [0.4, 0.5) is 14.6 Å². The lowest BCUT2D eigenvalue weighted by Crippen LogP contribution is -2.39. The lowest BCUT2D eigenvalue weighted by molar-refractivity contribution is 0.0787. The molecule has 2 aromatic carbocycles. The van der Waals surface area contributed by atoms with E-state index in [1.165, 1.54) is 23.4 Å². The van der Waals surface area contributed by atoms with Crippen molar-refractivity contribution in [3.05, 3.63) is 70.1 Å². The van der Waals surface area contributed by atoms with Crippen LogP contribution in [0, 0.1) is 18.6 Å². The van der Waals surface area contributed by atoms with E-state index in [1.54, 1.807) is 0 Å². The molecule has 2 heterocycles. The van der Waals surface area contributed by atoms with Crippen molar-refractivity contribution in [2.45, 2.75) is 43.7 Å². The first-order valence-corrected chi connectivity index (χ1v) is 13.0. The van der Waals surface area contributed by atoms with Gasteiger partial charge in [-0.15, -0.1) is 11.3 Å². The second-order valence-corrected chi connectivity index (χ2v) is 10.4. The molecule has 33 heavy (non-hydrogen) atoms. The highest BCUT2D eigenvalue weighted by Gasteiger charge is 2.30. The second-order valence-electron chi connectivity index (χ2n) is 8.04. The second kappa shape index (κ2) is 9.74. The van der Waals surface area contributed by atoms with E-state index in [1.807, 2.05) is 18.2 Å². The predicted octanol–water partition coefficient (Wildman–Crippen LogP) is 5.13. The van der Waals surface area contributed by atoms with Crippen LogP contribution in [0.25, 0.3) is 0 Å². The lowest BCUT2D eigenvalue weighted by Gasteiger charge is -2.36. The maximum atomic E-state index is 15.0. The monoisotopic (exact) mass is 493 g/mol. The van der Waals surface area contributed by atoms with Crippen LogP contribution in [-0.4, -0.2) is 37.5 Å². The molecule has 1 aliphatic rings. The van der Waals surface area contributed by atoms with E-state index in [0.29, 0.717) is 12.8 Å². The van der Waals surface area contributed by atoms with E-state index < -0.39 is 26.6 Å². The Bertz CT molecular complexity index is 1200. The largest absolute Gasteiger partial charge is 0.490 e. The Hall–Kier alpha value is -2.56. The summed E-state index contributed by atoms with van der Waals surface area (Å²) in [6, 6.07) is 11.4. The molecule has 1 unspecified atom stereocenters. The molecule has 0 amide bonds. The number of thiazole rings is 1. The standard InChI is InChI=1S/C23H25F2N3O3S2/c1-15-20(12-19(24)23(22(15)25)33(29,30)27-21-13-32-14-26-21)31-18-8-10-28(11-9-18)16(2)17-6-4-3-5-7-17/h3-7,12-14,16,18,27H,8-11H2,1-2H3. The van der Waals surface area contributed by atoms with E-state index in [-0.39, 0.29) is 29.3 Å². The molecule has 1 N–H and O–H groups in total. The van der Waals surface area contributed by atoms with E-state index in [9.17, 15) is 17.2 Å². The number of sulfonamides is 1. The minimum atomic E-state index is -4.48. The zero-order chi connectivity index (χ0) is 23.6. The van der Waals surface area contributed by atoms with Crippen LogP contribution in [0.3, 0.4) is 0 Å². The Morgan fingerprint density at radius 3 is 2.55 bits per heavy atom. The fourth-order valence-electron chi connectivity index (χ4n) is 4.00. The lowest BCUT2D eigenvalue weighted by atomic mass is 10.0. The topological polar surface area (TPSA) is 71.5 Å². The van der Waals surface area contributed by atoms with Gasteiger partial charge >= 0.3 is 0 Å². The molecule has 176 valence electrons. The van der Waals surface area contributed by atoms with Gasteiger partial charge in [0.05, 0.1) is 5.51 Å². The summed E-state index contributed by atoms with van der Waals surface area (Å²) in [5, 5.41) is 1.43. The van der Waals surface area contributed by atoms with Gasteiger partial charge in [-0.1, -0.05) is 30.3 Å². The van der Waals surface area contributed by atoms with Gasteiger partial charge in [-0.2, -0.15) is 0 Å². The van der Waals surface area contributed by atoms with Gasteiger partial charge in [0.2, 0.25) is 0 Å². The molecule has 0 spiro atoms. The molecular formula is C23H25F2N3O3S2. The van der Waals surface area contributed by atoms with Crippen molar-refractivity contribution < 1.29 is 21.9 Å². The van der Waals surface area contributed by atoms with Crippen molar-refractivity contribution in [2.75, 3.05) is 17.8 Å². The number of rotatable bonds is 7. The van der Waals surface area contributed by atoms with Crippen LogP contribution >= 0.6 is 11.3 Å². The van der Waals surface area contributed by atoms with E-state index in [4.69, 9.17) is 4.74 Å². The molecule has 0 radical (unpaired) electrons. The minimum absolute atomic E-state index is 0.00766. The van der Waals surface area contributed by atoms with Gasteiger partial charge < -0.3 is 4.74 Å². The fourth-order valence-corrected chi connectivity index (χ4v) is 5.75. The summed E-state index contributed by atoms with van der Waals surface area (Å²) in [5.41, 5.74) is 2.61. The predicted molar refractivity (Wildman–Crippen MR) is 124 cm³/mol. The highest BCUT2D eigenvalue weighted by atomic mass is 32.2.